The maximum Gasteiger partial charge on any atom is 0.363 e. The SMILES string of the molecule is N=C(N)c1nc2ccc(CS(=O)(=O)OC(=O)c3cccs3)cc2s1. The maximum absolute atomic E-state index is 12.1. The second kappa shape index (κ2) is 6.30. The van der Waals surface area contributed by atoms with E-state index in [0.29, 0.717) is 20.8 Å². The molecule has 0 aliphatic carbocycles. The number of hydrogen-bond donors (Lipinski definition) is 2. The van der Waals surface area contributed by atoms with Crippen molar-refractivity contribution in [3.63, 3.8) is 0 Å². The van der Waals surface area contributed by atoms with E-state index in [1.165, 1.54) is 17.4 Å². The summed E-state index contributed by atoms with van der Waals surface area (Å²) in [4.78, 5) is 16.2. The molecule has 0 radical (unpaired) electrons. The number of fused-ring (bicyclic) bond motifs is 1. The Labute approximate surface area is 145 Å². The molecule has 0 saturated heterocycles. The molecule has 1 aromatic carbocycles. The Morgan fingerprint density at radius 2 is 2.12 bits per heavy atom. The fourth-order valence-electron chi connectivity index (χ4n) is 1.96. The number of nitrogens with zero attached hydrogens (tertiary/aromatic N) is 1. The summed E-state index contributed by atoms with van der Waals surface area (Å²) >= 11 is 2.30. The Balaban J connectivity index is 1.80. The van der Waals surface area contributed by atoms with E-state index in [1.807, 2.05) is 0 Å². The standard InChI is InChI=1S/C14H11N3O4S3/c15-12(16)13-17-9-4-3-8(6-11(9)23-13)7-24(19,20)21-14(18)10-2-1-5-22-10/h1-6H,7H2,(H3,15,16). The first-order valence-corrected chi connectivity index (χ1v) is 9.85. The van der Waals surface area contributed by atoms with Crippen LogP contribution >= 0.6 is 22.7 Å². The van der Waals surface area contributed by atoms with Gasteiger partial charge in [-0.25, -0.2) is 9.78 Å². The Morgan fingerprint density at radius 3 is 2.79 bits per heavy atom. The van der Waals surface area contributed by atoms with Gasteiger partial charge in [0.05, 0.1) is 10.2 Å². The van der Waals surface area contributed by atoms with Gasteiger partial charge in [-0.3, -0.25) is 5.41 Å². The highest BCUT2D eigenvalue weighted by atomic mass is 32.2. The molecule has 3 aromatic rings. The summed E-state index contributed by atoms with van der Waals surface area (Å²) in [6.07, 6.45) is 0. The van der Waals surface area contributed by atoms with Crippen LogP contribution in [0, 0.1) is 5.41 Å². The van der Waals surface area contributed by atoms with Crippen LogP contribution in [0.15, 0.2) is 35.7 Å². The van der Waals surface area contributed by atoms with E-state index < -0.39 is 21.8 Å². The number of benzene rings is 1. The van der Waals surface area contributed by atoms with Gasteiger partial charge < -0.3 is 9.92 Å². The van der Waals surface area contributed by atoms with Crippen LogP contribution in [0.1, 0.15) is 20.2 Å². The molecule has 0 spiro atoms. The molecular formula is C14H11N3O4S3. The number of hydrogen-bond acceptors (Lipinski definition) is 8. The number of nitrogens with two attached hydrogens (primary N) is 1. The summed E-state index contributed by atoms with van der Waals surface area (Å²) in [5.41, 5.74) is 6.48. The van der Waals surface area contributed by atoms with Gasteiger partial charge in [0.15, 0.2) is 10.8 Å². The van der Waals surface area contributed by atoms with E-state index in [4.69, 9.17) is 11.1 Å². The highest BCUT2D eigenvalue weighted by Gasteiger charge is 2.20. The predicted octanol–water partition coefficient (Wildman–Crippen LogP) is 2.33. The number of nitrogen functional groups attached to an aromatic ring is 1. The lowest BCUT2D eigenvalue weighted by atomic mass is 10.2. The Hall–Kier alpha value is -2.30. The Kier molecular flexibility index (Phi) is 4.35. The van der Waals surface area contributed by atoms with Crippen molar-refractivity contribution in [3.8, 4) is 0 Å². The van der Waals surface area contributed by atoms with Crippen molar-refractivity contribution in [2.75, 3.05) is 0 Å². The minimum Gasteiger partial charge on any atom is -0.382 e. The number of nitrogens with one attached hydrogen (secondary N) is 1. The van der Waals surface area contributed by atoms with Crippen LogP contribution in [-0.4, -0.2) is 25.2 Å². The zero-order valence-corrected chi connectivity index (χ0v) is 14.5. The number of carbonyl (C=O) groups is 1. The average Bonchev–Trinajstić information content (AvgIpc) is 3.15. The molecule has 3 rings (SSSR count). The molecule has 0 aliphatic heterocycles. The molecule has 0 fully saturated rings. The van der Waals surface area contributed by atoms with E-state index in [1.54, 1.807) is 29.6 Å². The molecule has 2 heterocycles. The summed E-state index contributed by atoms with van der Waals surface area (Å²) < 4.78 is 29.4. The number of amidine groups is 1. The van der Waals surface area contributed by atoms with Crippen LogP contribution < -0.4 is 5.73 Å². The van der Waals surface area contributed by atoms with Crippen molar-refractivity contribution in [2.24, 2.45) is 5.73 Å². The zero-order chi connectivity index (χ0) is 17.3. The third kappa shape index (κ3) is 3.61. The molecule has 124 valence electrons. The fraction of sp³-hybridized carbons (Fsp3) is 0.0714. The van der Waals surface area contributed by atoms with Crippen molar-refractivity contribution in [3.05, 3.63) is 51.2 Å². The van der Waals surface area contributed by atoms with Crippen LogP contribution in [0.3, 0.4) is 0 Å². The van der Waals surface area contributed by atoms with Crippen molar-refractivity contribution < 1.29 is 17.4 Å². The summed E-state index contributed by atoms with van der Waals surface area (Å²) in [5, 5.41) is 9.41. The second-order valence-corrected chi connectivity index (χ2v) is 8.33. The quantitative estimate of drug-likeness (QED) is 0.397. The minimum absolute atomic E-state index is 0.143. The lowest BCUT2D eigenvalue weighted by Crippen LogP contribution is -2.14. The van der Waals surface area contributed by atoms with E-state index >= 15 is 0 Å². The van der Waals surface area contributed by atoms with Gasteiger partial charge in [-0.05, 0) is 29.1 Å². The summed E-state index contributed by atoms with van der Waals surface area (Å²) in [6.45, 7) is 0. The van der Waals surface area contributed by atoms with Gasteiger partial charge in [0.2, 0.25) is 0 Å². The first kappa shape index (κ1) is 16.6. The highest BCUT2D eigenvalue weighted by Crippen LogP contribution is 2.24. The Morgan fingerprint density at radius 1 is 1.33 bits per heavy atom. The molecule has 0 amide bonds. The van der Waals surface area contributed by atoms with Crippen molar-refractivity contribution in [2.45, 2.75) is 5.75 Å². The van der Waals surface area contributed by atoms with E-state index in [-0.39, 0.29) is 10.7 Å². The molecule has 0 aliphatic rings. The molecule has 10 heteroatoms. The Bertz CT molecular complexity index is 1020. The largest absolute Gasteiger partial charge is 0.382 e. The number of rotatable bonds is 5. The van der Waals surface area contributed by atoms with Gasteiger partial charge in [0, 0.05) is 0 Å². The normalized spacial score (nSPS) is 11.5. The van der Waals surface area contributed by atoms with Gasteiger partial charge in [0.1, 0.15) is 10.6 Å². The van der Waals surface area contributed by atoms with Gasteiger partial charge in [-0.15, -0.1) is 22.7 Å². The van der Waals surface area contributed by atoms with Crippen molar-refractivity contribution in [1.82, 2.24) is 4.98 Å². The molecule has 3 N–H and O–H groups in total. The topological polar surface area (TPSA) is 123 Å². The lowest BCUT2D eigenvalue weighted by Gasteiger charge is -2.04. The zero-order valence-electron chi connectivity index (χ0n) is 12.1. The smallest absolute Gasteiger partial charge is 0.363 e. The minimum atomic E-state index is -4.06. The first-order chi connectivity index (χ1) is 11.3. The summed E-state index contributed by atoms with van der Waals surface area (Å²) in [5.74, 6) is -1.47. The van der Waals surface area contributed by atoms with Gasteiger partial charge >= 0.3 is 16.1 Å². The van der Waals surface area contributed by atoms with Crippen molar-refractivity contribution >= 4 is 54.8 Å². The molecule has 0 atom stereocenters. The molecule has 0 unspecified atom stereocenters. The van der Waals surface area contributed by atoms with E-state index in [0.717, 1.165) is 11.3 Å². The van der Waals surface area contributed by atoms with Gasteiger partial charge in [0.25, 0.3) is 0 Å². The second-order valence-electron chi connectivity index (χ2n) is 4.78. The monoisotopic (exact) mass is 381 g/mol. The molecule has 0 bridgehead atoms. The van der Waals surface area contributed by atoms with Crippen LogP contribution in [0.2, 0.25) is 0 Å². The van der Waals surface area contributed by atoms with Crippen LogP contribution in [0.25, 0.3) is 10.2 Å². The number of thiazole rings is 1. The number of aromatic nitrogens is 1. The fourth-order valence-corrected chi connectivity index (χ4v) is 4.47. The summed E-state index contributed by atoms with van der Waals surface area (Å²) in [6, 6.07) is 8.00. The maximum atomic E-state index is 12.1. The van der Waals surface area contributed by atoms with Crippen molar-refractivity contribution in [1.29, 1.82) is 5.41 Å². The number of thiophene rings is 1. The average molecular weight is 381 g/mol. The van der Waals surface area contributed by atoms with E-state index in [2.05, 4.69) is 9.17 Å². The number of carbonyl (C=O) groups excluding carboxylic acids is 1. The summed E-state index contributed by atoms with van der Waals surface area (Å²) in [7, 11) is -4.06. The highest BCUT2D eigenvalue weighted by molar-refractivity contribution is 7.86. The first-order valence-electron chi connectivity index (χ1n) is 6.58. The molecule has 0 saturated carbocycles. The van der Waals surface area contributed by atoms with E-state index in [9.17, 15) is 13.2 Å². The van der Waals surface area contributed by atoms with Crippen LogP contribution in [-0.2, 0) is 20.1 Å². The molecular weight excluding hydrogens is 370 g/mol. The van der Waals surface area contributed by atoms with Gasteiger partial charge in [-0.2, -0.15) is 8.42 Å². The van der Waals surface area contributed by atoms with Crippen LogP contribution in [0.5, 0.6) is 0 Å². The predicted molar refractivity (Wildman–Crippen MR) is 93.0 cm³/mol. The van der Waals surface area contributed by atoms with Crippen LogP contribution in [0.4, 0.5) is 0 Å². The van der Waals surface area contributed by atoms with Gasteiger partial charge in [-0.1, -0.05) is 12.1 Å². The molecule has 7 nitrogen and oxygen atoms in total. The molecule has 2 aromatic heterocycles. The molecule has 24 heavy (non-hydrogen) atoms. The third-order valence-corrected chi connectivity index (χ3v) is 5.95. The third-order valence-electron chi connectivity index (χ3n) is 2.95. The lowest BCUT2D eigenvalue weighted by molar-refractivity contribution is 0.0751.